The number of allylic oxidation sites excluding steroid dienone is 5. The van der Waals surface area contributed by atoms with E-state index in [9.17, 15) is 4.79 Å². The fraction of sp³-hybridized carbons (Fsp3) is 0.364. The standard InChI is InChI=1S/C22H22O/c23-22(21-15-7-11-17-10-2-5-13-19(17)21)20-14-6-3-9-16-8-1-4-12-18(16)20/h6-7,9,11,14-15H,1-2,4-5,8,10,12-13H2. The molecule has 0 aliphatic heterocycles. The van der Waals surface area contributed by atoms with Crippen LogP contribution in [0.1, 0.15) is 60.0 Å². The summed E-state index contributed by atoms with van der Waals surface area (Å²) in [6.45, 7) is 0. The largest absolute Gasteiger partial charge is 0.289 e. The lowest BCUT2D eigenvalue weighted by Gasteiger charge is -2.22. The van der Waals surface area contributed by atoms with Crippen LogP contribution in [-0.2, 0) is 12.8 Å². The molecular weight excluding hydrogens is 280 g/mol. The second-order valence-corrected chi connectivity index (χ2v) is 6.75. The van der Waals surface area contributed by atoms with Crippen LogP contribution >= 0.6 is 0 Å². The summed E-state index contributed by atoms with van der Waals surface area (Å²) in [4.78, 5) is 13.3. The van der Waals surface area contributed by atoms with E-state index >= 15 is 0 Å². The molecule has 0 unspecified atom stereocenters. The molecule has 0 radical (unpaired) electrons. The number of fused-ring (bicyclic) bond motifs is 1. The van der Waals surface area contributed by atoms with Gasteiger partial charge in [0.25, 0.3) is 0 Å². The van der Waals surface area contributed by atoms with Crippen LogP contribution in [0, 0.1) is 0 Å². The SMILES string of the molecule is O=C(C1=CC=C=CC2=C1CCCC2)c1cccc2c1CCCC2. The second-order valence-electron chi connectivity index (χ2n) is 6.75. The van der Waals surface area contributed by atoms with Crippen LogP contribution in [0.5, 0.6) is 0 Å². The van der Waals surface area contributed by atoms with Gasteiger partial charge in [0.15, 0.2) is 5.78 Å². The van der Waals surface area contributed by atoms with Crippen molar-refractivity contribution >= 4 is 5.78 Å². The number of hydrogen-bond donors (Lipinski definition) is 0. The minimum atomic E-state index is 0.214. The lowest BCUT2D eigenvalue weighted by molar-refractivity contribution is 0.103. The van der Waals surface area contributed by atoms with E-state index in [1.54, 1.807) is 0 Å². The van der Waals surface area contributed by atoms with Gasteiger partial charge in [0.1, 0.15) is 0 Å². The predicted molar refractivity (Wildman–Crippen MR) is 93.6 cm³/mol. The van der Waals surface area contributed by atoms with Crippen molar-refractivity contribution in [2.75, 3.05) is 0 Å². The summed E-state index contributed by atoms with van der Waals surface area (Å²) in [7, 11) is 0. The molecule has 0 atom stereocenters. The third-order valence-corrected chi connectivity index (χ3v) is 5.32. The van der Waals surface area contributed by atoms with Crippen molar-refractivity contribution in [3.05, 3.63) is 75.6 Å². The molecule has 3 aliphatic rings. The molecule has 0 N–H and O–H groups in total. The molecule has 1 aromatic carbocycles. The van der Waals surface area contributed by atoms with E-state index in [0.29, 0.717) is 0 Å². The number of benzene rings is 1. The van der Waals surface area contributed by atoms with Gasteiger partial charge < -0.3 is 0 Å². The molecule has 0 amide bonds. The number of Topliss-reactive ketones (excluding diaryl/α,β-unsaturated/α-hetero) is 1. The highest BCUT2D eigenvalue weighted by Gasteiger charge is 2.24. The molecule has 0 heterocycles. The Hall–Kier alpha value is -2.11. The first-order valence-electron chi connectivity index (χ1n) is 8.85. The predicted octanol–water partition coefficient (Wildman–Crippen LogP) is 5.27. The molecule has 3 aliphatic carbocycles. The van der Waals surface area contributed by atoms with Crippen LogP contribution < -0.4 is 0 Å². The van der Waals surface area contributed by atoms with Crippen molar-refractivity contribution in [1.82, 2.24) is 0 Å². The van der Waals surface area contributed by atoms with Crippen LogP contribution in [0.2, 0.25) is 0 Å². The normalized spacial score (nSPS) is 19.7. The van der Waals surface area contributed by atoms with E-state index < -0.39 is 0 Å². The van der Waals surface area contributed by atoms with Crippen molar-refractivity contribution in [1.29, 1.82) is 0 Å². The summed E-state index contributed by atoms with van der Waals surface area (Å²) < 4.78 is 0. The minimum Gasteiger partial charge on any atom is -0.289 e. The molecule has 0 saturated carbocycles. The maximum atomic E-state index is 13.3. The van der Waals surface area contributed by atoms with Crippen LogP contribution in [0.4, 0.5) is 0 Å². The van der Waals surface area contributed by atoms with Gasteiger partial charge in [0.05, 0.1) is 0 Å². The van der Waals surface area contributed by atoms with Crippen molar-refractivity contribution in [2.24, 2.45) is 0 Å². The van der Waals surface area contributed by atoms with Crippen LogP contribution in [0.15, 0.2) is 58.9 Å². The van der Waals surface area contributed by atoms with Crippen molar-refractivity contribution in [2.45, 2.75) is 51.4 Å². The van der Waals surface area contributed by atoms with Crippen LogP contribution in [0.25, 0.3) is 0 Å². The Morgan fingerprint density at radius 1 is 0.957 bits per heavy atom. The summed E-state index contributed by atoms with van der Waals surface area (Å²) >= 11 is 0. The Balaban J connectivity index is 1.78. The fourth-order valence-corrected chi connectivity index (χ4v) is 4.13. The zero-order valence-electron chi connectivity index (χ0n) is 13.5. The number of aryl methyl sites for hydroxylation is 1. The van der Waals surface area contributed by atoms with E-state index in [1.165, 1.54) is 48.0 Å². The molecule has 116 valence electrons. The van der Waals surface area contributed by atoms with Gasteiger partial charge in [0.2, 0.25) is 0 Å². The van der Waals surface area contributed by atoms with Crippen molar-refractivity contribution in [3.63, 3.8) is 0 Å². The number of carbonyl (C=O) groups excluding carboxylic acids is 1. The molecule has 1 aromatic rings. The third kappa shape index (κ3) is 2.66. The summed E-state index contributed by atoms with van der Waals surface area (Å²) in [5.41, 5.74) is 10.3. The second kappa shape index (κ2) is 6.18. The molecule has 0 spiro atoms. The quantitative estimate of drug-likeness (QED) is 0.537. The Morgan fingerprint density at radius 2 is 1.78 bits per heavy atom. The summed E-state index contributed by atoms with van der Waals surface area (Å²) in [5.74, 6) is 0.214. The first kappa shape index (κ1) is 14.5. The average Bonchev–Trinajstić information content (AvgIpc) is 2.83. The highest BCUT2D eigenvalue weighted by atomic mass is 16.1. The van der Waals surface area contributed by atoms with E-state index in [2.05, 4.69) is 23.9 Å². The monoisotopic (exact) mass is 302 g/mol. The zero-order chi connectivity index (χ0) is 15.6. The summed E-state index contributed by atoms with van der Waals surface area (Å²) in [6.07, 6.45) is 15.1. The van der Waals surface area contributed by atoms with Crippen molar-refractivity contribution in [3.8, 4) is 0 Å². The van der Waals surface area contributed by atoms with E-state index in [-0.39, 0.29) is 5.78 Å². The van der Waals surface area contributed by atoms with Gasteiger partial charge in [-0.25, -0.2) is 0 Å². The molecule has 0 saturated heterocycles. The van der Waals surface area contributed by atoms with Gasteiger partial charge in [-0.15, -0.1) is 5.73 Å². The highest BCUT2D eigenvalue weighted by Crippen LogP contribution is 2.34. The smallest absolute Gasteiger partial charge is 0.193 e. The minimum absolute atomic E-state index is 0.214. The Morgan fingerprint density at radius 3 is 2.74 bits per heavy atom. The lowest BCUT2D eigenvalue weighted by atomic mass is 9.81. The van der Waals surface area contributed by atoms with Gasteiger partial charge in [-0.3, -0.25) is 4.79 Å². The van der Waals surface area contributed by atoms with E-state index in [0.717, 1.165) is 36.8 Å². The molecule has 4 rings (SSSR count). The van der Waals surface area contributed by atoms with Gasteiger partial charge in [-0.2, -0.15) is 0 Å². The fourth-order valence-electron chi connectivity index (χ4n) is 4.13. The van der Waals surface area contributed by atoms with Crippen molar-refractivity contribution < 1.29 is 4.79 Å². The summed E-state index contributed by atoms with van der Waals surface area (Å²) in [6, 6.07) is 6.27. The molecular formula is C22H22O. The highest BCUT2D eigenvalue weighted by molar-refractivity contribution is 6.13. The number of ketones is 1. The average molecular weight is 302 g/mol. The Kier molecular flexibility index (Phi) is 3.89. The maximum Gasteiger partial charge on any atom is 0.193 e. The third-order valence-electron chi connectivity index (χ3n) is 5.32. The topological polar surface area (TPSA) is 17.1 Å². The Labute approximate surface area is 138 Å². The zero-order valence-corrected chi connectivity index (χ0v) is 13.5. The maximum absolute atomic E-state index is 13.3. The van der Waals surface area contributed by atoms with Crippen LogP contribution in [-0.4, -0.2) is 5.78 Å². The van der Waals surface area contributed by atoms with Gasteiger partial charge >= 0.3 is 0 Å². The first-order chi connectivity index (χ1) is 11.3. The number of hydrogen-bond acceptors (Lipinski definition) is 1. The van der Waals surface area contributed by atoms with Gasteiger partial charge in [-0.05, 0) is 91.9 Å². The lowest BCUT2D eigenvalue weighted by Crippen LogP contribution is -2.15. The molecule has 0 bridgehead atoms. The first-order valence-corrected chi connectivity index (χ1v) is 8.85. The molecule has 1 nitrogen and oxygen atoms in total. The molecule has 0 fully saturated rings. The molecule has 23 heavy (non-hydrogen) atoms. The van der Waals surface area contributed by atoms with Crippen LogP contribution in [0.3, 0.4) is 0 Å². The van der Waals surface area contributed by atoms with E-state index in [4.69, 9.17) is 0 Å². The molecule has 0 aromatic heterocycles. The Bertz CT molecular complexity index is 782. The van der Waals surface area contributed by atoms with Gasteiger partial charge in [-0.1, -0.05) is 18.2 Å². The van der Waals surface area contributed by atoms with Gasteiger partial charge in [0, 0.05) is 11.1 Å². The number of rotatable bonds is 2. The van der Waals surface area contributed by atoms with E-state index in [1.807, 2.05) is 18.2 Å². The summed E-state index contributed by atoms with van der Waals surface area (Å²) in [5, 5.41) is 0. The number of carbonyl (C=O) groups is 1. The molecule has 1 heteroatoms.